The van der Waals surface area contributed by atoms with Gasteiger partial charge in [-0.15, -0.1) is 0 Å². The molecule has 4 nitrogen and oxygen atoms in total. The molecule has 2 aromatic carbocycles. The van der Waals surface area contributed by atoms with Gasteiger partial charge in [-0.3, -0.25) is 9.59 Å². The van der Waals surface area contributed by atoms with E-state index in [1.807, 2.05) is 0 Å². The number of hydrogen-bond donors (Lipinski definition) is 1. The van der Waals surface area contributed by atoms with E-state index in [1.165, 1.54) is 0 Å². The highest BCUT2D eigenvalue weighted by molar-refractivity contribution is 9.10. The smallest absolute Gasteiger partial charge is 0.196 e. The van der Waals surface area contributed by atoms with Gasteiger partial charge < -0.3 is 10.1 Å². The van der Waals surface area contributed by atoms with E-state index in [2.05, 4.69) is 21.2 Å². The maximum atomic E-state index is 12.8. The van der Waals surface area contributed by atoms with Crippen LogP contribution in [-0.4, -0.2) is 31.8 Å². The summed E-state index contributed by atoms with van der Waals surface area (Å²) in [7, 11) is 1.61. The monoisotopic (exact) mass is 359 g/mol. The number of hydrogen-bond acceptors (Lipinski definition) is 4. The summed E-state index contributed by atoms with van der Waals surface area (Å²) in [6.45, 7) is 1.08. The highest BCUT2D eigenvalue weighted by atomic mass is 79.9. The Kier molecular flexibility index (Phi) is 4.09. The average molecular weight is 360 g/mol. The van der Waals surface area contributed by atoms with Crippen LogP contribution in [-0.2, 0) is 4.74 Å². The fourth-order valence-corrected chi connectivity index (χ4v) is 3.13. The molecule has 0 aliphatic heterocycles. The van der Waals surface area contributed by atoms with E-state index in [-0.39, 0.29) is 11.6 Å². The predicted molar refractivity (Wildman–Crippen MR) is 87.8 cm³/mol. The van der Waals surface area contributed by atoms with E-state index in [9.17, 15) is 9.59 Å². The number of fused-ring (bicyclic) bond motifs is 2. The van der Waals surface area contributed by atoms with Crippen LogP contribution >= 0.6 is 15.9 Å². The van der Waals surface area contributed by atoms with E-state index in [0.29, 0.717) is 45.6 Å². The number of carbonyl (C=O) groups is 2. The molecule has 0 saturated carbocycles. The van der Waals surface area contributed by atoms with Crippen molar-refractivity contribution in [1.82, 2.24) is 0 Å². The zero-order chi connectivity index (χ0) is 15.7. The van der Waals surface area contributed by atoms with Gasteiger partial charge in [0.15, 0.2) is 11.6 Å². The molecule has 0 aromatic heterocycles. The van der Waals surface area contributed by atoms with Crippen LogP contribution in [0.5, 0.6) is 0 Å². The first-order valence-corrected chi connectivity index (χ1v) is 7.68. The molecule has 0 fully saturated rings. The van der Waals surface area contributed by atoms with Gasteiger partial charge >= 0.3 is 0 Å². The van der Waals surface area contributed by atoms with Gasteiger partial charge in [0.1, 0.15) is 0 Å². The average Bonchev–Trinajstić information content (AvgIpc) is 2.54. The quantitative estimate of drug-likeness (QED) is 0.726. The molecule has 1 aliphatic carbocycles. The topological polar surface area (TPSA) is 55.4 Å². The van der Waals surface area contributed by atoms with Crippen molar-refractivity contribution in [1.29, 1.82) is 0 Å². The number of benzene rings is 2. The Labute approximate surface area is 136 Å². The highest BCUT2D eigenvalue weighted by Gasteiger charge is 2.33. The normalized spacial score (nSPS) is 12.8. The number of anilines is 1. The van der Waals surface area contributed by atoms with Gasteiger partial charge in [0, 0.05) is 40.5 Å². The van der Waals surface area contributed by atoms with Gasteiger partial charge in [-0.25, -0.2) is 0 Å². The molecule has 5 heteroatoms. The summed E-state index contributed by atoms with van der Waals surface area (Å²) >= 11 is 3.39. The summed E-state index contributed by atoms with van der Waals surface area (Å²) in [4.78, 5) is 25.5. The molecule has 0 unspecified atom stereocenters. The summed E-state index contributed by atoms with van der Waals surface area (Å²) in [5.74, 6) is -0.265. The lowest BCUT2D eigenvalue weighted by atomic mass is 9.83. The molecular formula is C17H14BrNO3. The van der Waals surface area contributed by atoms with E-state index in [4.69, 9.17) is 4.74 Å². The van der Waals surface area contributed by atoms with Gasteiger partial charge in [-0.2, -0.15) is 0 Å². The maximum absolute atomic E-state index is 12.8. The SMILES string of the molecule is COCCNc1ccc(Br)c2c1C(=O)c1ccccc1C2=O. The zero-order valence-corrected chi connectivity index (χ0v) is 13.6. The Hall–Kier alpha value is -1.98. The van der Waals surface area contributed by atoms with Gasteiger partial charge in [-0.05, 0) is 12.1 Å². The van der Waals surface area contributed by atoms with Crippen molar-refractivity contribution in [2.24, 2.45) is 0 Å². The number of ketones is 2. The molecule has 1 aliphatic rings. The largest absolute Gasteiger partial charge is 0.383 e. The van der Waals surface area contributed by atoms with Crippen molar-refractivity contribution in [3.63, 3.8) is 0 Å². The minimum Gasteiger partial charge on any atom is -0.383 e. The number of halogens is 1. The van der Waals surface area contributed by atoms with Crippen molar-refractivity contribution in [2.75, 3.05) is 25.6 Å². The molecule has 3 rings (SSSR count). The standard InChI is InChI=1S/C17H14BrNO3/c1-22-9-8-19-13-7-6-12(18)14-15(13)17(21)11-5-3-2-4-10(11)16(14)20/h2-7,19H,8-9H2,1H3. The molecule has 112 valence electrons. The van der Waals surface area contributed by atoms with Gasteiger partial charge in [0.05, 0.1) is 12.2 Å². The molecule has 0 saturated heterocycles. The third-order valence-electron chi connectivity index (χ3n) is 3.65. The Bertz CT molecular complexity index is 770. The predicted octanol–water partition coefficient (Wildman–Crippen LogP) is 3.28. The van der Waals surface area contributed by atoms with E-state index in [0.717, 1.165) is 0 Å². The van der Waals surface area contributed by atoms with Crippen LogP contribution in [0.1, 0.15) is 31.8 Å². The summed E-state index contributed by atoms with van der Waals surface area (Å²) < 4.78 is 5.64. The van der Waals surface area contributed by atoms with Crippen molar-refractivity contribution in [3.05, 3.63) is 63.1 Å². The van der Waals surface area contributed by atoms with E-state index < -0.39 is 0 Å². The molecule has 0 bridgehead atoms. The maximum Gasteiger partial charge on any atom is 0.196 e. The lowest BCUT2D eigenvalue weighted by Crippen LogP contribution is -2.23. The Morgan fingerprint density at radius 1 is 1.00 bits per heavy atom. The first kappa shape index (κ1) is 14.9. The van der Waals surface area contributed by atoms with Crippen LogP contribution in [0.4, 0.5) is 5.69 Å². The van der Waals surface area contributed by atoms with Crippen LogP contribution in [0, 0.1) is 0 Å². The summed E-state index contributed by atoms with van der Waals surface area (Å²) in [5.41, 5.74) is 2.41. The summed E-state index contributed by atoms with van der Waals surface area (Å²) in [5, 5.41) is 3.16. The molecule has 0 atom stereocenters. The Morgan fingerprint density at radius 2 is 1.64 bits per heavy atom. The van der Waals surface area contributed by atoms with Crippen LogP contribution in [0.25, 0.3) is 0 Å². The number of nitrogens with one attached hydrogen (secondary N) is 1. The molecule has 2 aromatic rings. The van der Waals surface area contributed by atoms with Crippen molar-refractivity contribution in [2.45, 2.75) is 0 Å². The highest BCUT2D eigenvalue weighted by Crippen LogP contribution is 2.36. The van der Waals surface area contributed by atoms with E-state index >= 15 is 0 Å². The van der Waals surface area contributed by atoms with Crippen LogP contribution in [0.15, 0.2) is 40.9 Å². The first-order chi connectivity index (χ1) is 10.6. The van der Waals surface area contributed by atoms with Gasteiger partial charge in [-0.1, -0.05) is 40.2 Å². The fourth-order valence-electron chi connectivity index (χ4n) is 2.62. The third-order valence-corrected chi connectivity index (χ3v) is 4.31. The zero-order valence-electron chi connectivity index (χ0n) is 12.0. The fraction of sp³-hybridized carbons (Fsp3) is 0.176. The second-order valence-electron chi connectivity index (χ2n) is 4.97. The third kappa shape index (κ3) is 2.36. The summed E-state index contributed by atoms with van der Waals surface area (Å²) in [6, 6.07) is 10.5. The number of rotatable bonds is 4. The van der Waals surface area contributed by atoms with Crippen molar-refractivity contribution >= 4 is 33.2 Å². The lowest BCUT2D eigenvalue weighted by molar-refractivity contribution is 0.0979. The van der Waals surface area contributed by atoms with Crippen molar-refractivity contribution < 1.29 is 14.3 Å². The summed E-state index contributed by atoms with van der Waals surface area (Å²) in [6.07, 6.45) is 0. The second-order valence-corrected chi connectivity index (χ2v) is 5.82. The molecular weight excluding hydrogens is 346 g/mol. The molecule has 1 N–H and O–H groups in total. The van der Waals surface area contributed by atoms with Crippen LogP contribution in [0.3, 0.4) is 0 Å². The number of carbonyl (C=O) groups excluding carboxylic acids is 2. The van der Waals surface area contributed by atoms with Crippen LogP contribution < -0.4 is 5.32 Å². The lowest BCUT2D eigenvalue weighted by Gasteiger charge is -2.21. The van der Waals surface area contributed by atoms with Gasteiger partial charge in [0.25, 0.3) is 0 Å². The Balaban J connectivity index is 2.14. The minimum atomic E-state index is -0.133. The molecule has 0 spiro atoms. The first-order valence-electron chi connectivity index (χ1n) is 6.89. The van der Waals surface area contributed by atoms with Gasteiger partial charge in [0.2, 0.25) is 0 Å². The molecule has 0 heterocycles. The minimum absolute atomic E-state index is 0.132. The molecule has 0 amide bonds. The van der Waals surface area contributed by atoms with E-state index in [1.54, 1.807) is 43.5 Å². The number of methoxy groups -OCH3 is 1. The molecule has 22 heavy (non-hydrogen) atoms. The molecule has 0 radical (unpaired) electrons. The van der Waals surface area contributed by atoms with Crippen molar-refractivity contribution in [3.8, 4) is 0 Å². The number of ether oxygens (including phenoxy) is 1. The van der Waals surface area contributed by atoms with Crippen LogP contribution in [0.2, 0.25) is 0 Å². The second kappa shape index (κ2) is 6.02. The Morgan fingerprint density at radius 3 is 2.27 bits per heavy atom.